The molecule has 21 heavy (non-hydrogen) atoms. The zero-order chi connectivity index (χ0) is 15.6. The normalized spacial score (nSPS) is 13.4. The summed E-state index contributed by atoms with van der Waals surface area (Å²) >= 11 is 5.69. The van der Waals surface area contributed by atoms with E-state index in [0.29, 0.717) is 17.9 Å². The summed E-state index contributed by atoms with van der Waals surface area (Å²) in [4.78, 5) is 0. The number of benzene rings is 1. The highest BCUT2D eigenvalue weighted by molar-refractivity contribution is 6.28. The van der Waals surface area contributed by atoms with E-state index in [1.807, 2.05) is 6.92 Å². The third-order valence-corrected chi connectivity index (χ3v) is 3.12. The second kappa shape index (κ2) is 6.07. The van der Waals surface area contributed by atoms with Crippen molar-refractivity contribution in [2.75, 3.05) is 6.54 Å². The number of furan rings is 1. The van der Waals surface area contributed by atoms with Gasteiger partial charge in [0.05, 0.1) is 11.6 Å². The van der Waals surface area contributed by atoms with E-state index in [4.69, 9.17) is 16.0 Å². The summed E-state index contributed by atoms with van der Waals surface area (Å²) in [7, 11) is 0. The summed E-state index contributed by atoms with van der Waals surface area (Å²) < 4.78 is 56.6. The van der Waals surface area contributed by atoms with Gasteiger partial charge in [0.2, 0.25) is 0 Å². The Morgan fingerprint density at radius 3 is 2.43 bits per heavy atom. The maximum absolute atomic E-state index is 13.7. The number of alkyl halides is 3. The van der Waals surface area contributed by atoms with Crippen LogP contribution in [0.4, 0.5) is 17.6 Å². The third kappa shape index (κ3) is 3.57. The van der Waals surface area contributed by atoms with Crippen molar-refractivity contribution in [2.45, 2.75) is 19.1 Å². The molecule has 2 aromatic rings. The van der Waals surface area contributed by atoms with E-state index in [0.717, 1.165) is 12.1 Å². The van der Waals surface area contributed by atoms with Crippen LogP contribution in [0.2, 0.25) is 5.22 Å². The summed E-state index contributed by atoms with van der Waals surface area (Å²) in [6, 6.07) is 5.33. The monoisotopic (exact) mass is 321 g/mol. The lowest BCUT2D eigenvalue weighted by atomic mass is 10.0. The number of hydrogen-bond donors (Lipinski definition) is 1. The molecule has 1 unspecified atom stereocenters. The SMILES string of the molecule is CCNC(c1ccc(C(F)(F)F)c(F)c1)c1ccc(Cl)o1. The van der Waals surface area contributed by atoms with Gasteiger partial charge >= 0.3 is 6.18 Å². The topological polar surface area (TPSA) is 25.2 Å². The minimum atomic E-state index is -4.72. The van der Waals surface area contributed by atoms with Gasteiger partial charge in [0, 0.05) is 0 Å². The fourth-order valence-electron chi connectivity index (χ4n) is 2.01. The molecule has 0 saturated heterocycles. The van der Waals surface area contributed by atoms with Gasteiger partial charge in [0.25, 0.3) is 0 Å². The smallest absolute Gasteiger partial charge is 0.419 e. The molecule has 0 spiro atoms. The number of rotatable bonds is 4. The lowest BCUT2D eigenvalue weighted by Gasteiger charge is -2.17. The maximum Gasteiger partial charge on any atom is 0.419 e. The van der Waals surface area contributed by atoms with Gasteiger partial charge in [-0.15, -0.1) is 0 Å². The van der Waals surface area contributed by atoms with Crippen LogP contribution >= 0.6 is 11.6 Å². The number of halogens is 5. The molecule has 0 aliphatic heterocycles. The fraction of sp³-hybridized carbons (Fsp3) is 0.286. The Balaban J connectivity index is 2.40. The van der Waals surface area contributed by atoms with Gasteiger partial charge in [0.15, 0.2) is 5.22 Å². The standard InChI is InChI=1S/C14H12ClF4NO/c1-2-20-13(11-5-6-12(15)21-11)8-3-4-9(10(16)7-8)14(17,18)19/h3-7,13,20H,2H2,1H3. The zero-order valence-electron chi connectivity index (χ0n) is 11.0. The lowest BCUT2D eigenvalue weighted by Crippen LogP contribution is -2.22. The van der Waals surface area contributed by atoms with E-state index >= 15 is 0 Å². The van der Waals surface area contributed by atoms with Gasteiger partial charge in [-0.3, -0.25) is 0 Å². The molecule has 1 aromatic heterocycles. The predicted molar refractivity (Wildman–Crippen MR) is 70.6 cm³/mol. The first kappa shape index (κ1) is 15.9. The molecule has 2 rings (SSSR count). The summed E-state index contributed by atoms with van der Waals surface area (Å²) in [5.74, 6) is -0.915. The molecule has 0 radical (unpaired) electrons. The van der Waals surface area contributed by atoms with E-state index in [2.05, 4.69) is 5.32 Å². The van der Waals surface area contributed by atoms with Crippen LogP contribution in [-0.2, 0) is 6.18 Å². The highest BCUT2D eigenvalue weighted by Crippen LogP contribution is 2.34. The van der Waals surface area contributed by atoms with Gasteiger partial charge in [0.1, 0.15) is 11.6 Å². The van der Waals surface area contributed by atoms with E-state index in [1.165, 1.54) is 12.1 Å². The lowest BCUT2D eigenvalue weighted by molar-refractivity contribution is -0.140. The Hall–Kier alpha value is -1.53. The summed E-state index contributed by atoms with van der Waals surface area (Å²) in [5, 5.41) is 3.17. The van der Waals surface area contributed by atoms with Crippen LogP contribution in [0.5, 0.6) is 0 Å². The maximum atomic E-state index is 13.7. The summed E-state index contributed by atoms with van der Waals surface area (Å²) in [5.41, 5.74) is -0.965. The third-order valence-electron chi connectivity index (χ3n) is 2.92. The van der Waals surface area contributed by atoms with Crippen molar-refractivity contribution in [3.63, 3.8) is 0 Å². The van der Waals surface area contributed by atoms with Crippen LogP contribution in [0.15, 0.2) is 34.7 Å². The van der Waals surface area contributed by atoms with Crippen molar-refractivity contribution in [1.82, 2.24) is 5.32 Å². The molecule has 7 heteroatoms. The Morgan fingerprint density at radius 2 is 1.95 bits per heavy atom. The van der Waals surface area contributed by atoms with Crippen LogP contribution in [0.3, 0.4) is 0 Å². The Labute approximate surface area is 123 Å². The fourth-order valence-corrected chi connectivity index (χ4v) is 2.16. The van der Waals surface area contributed by atoms with Crippen molar-refractivity contribution >= 4 is 11.6 Å². The first-order valence-electron chi connectivity index (χ1n) is 6.18. The minimum Gasteiger partial charge on any atom is -0.448 e. The molecule has 2 nitrogen and oxygen atoms in total. The van der Waals surface area contributed by atoms with Crippen molar-refractivity contribution in [1.29, 1.82) is 0 Å². The van der Waals surface area contributed by atoms with E-state index in [1.54, 1.807) is 6.07 Å². The van der Waals surface area contributed by atoms with Crippen molar-refractivity contribution in [3.8, 4) is 0 Å². The molecule has 1 heterocycles. The molecule has 0 fully saturated rings. The van der Waals surface area contributed by atoms with E-state index in [9.17, 15) is 17.6 Å². The molecule has 1 aromatic carbocycles. The minimum absolute atomic E-state index is 0.153. The molecule has 0 bridgehead atoms. The molecule has 1 atom stereocenters. The Bertz CT molecular complexity index is 624. The van der Waals surface area contributed by atoms with Gasteiger partial charge in [-0.25, -0.2) is 4.39 Å². The number of nitrogens with one attached hydrogen (secondary N) is 1. The van der Waals surface area contributed by atoms with Gasteiger partial charge in [-0.2, -0.15) is 13.2 Å². The first-order valence-corrected chi connectivity index (χ1v) is 6.56. The first-order chi connectivity index (χ1) is 9.82. The molecule has 0 amide bonds. The van der Waals surface area contributed by atoms with Crippen molar-refractivity contribution in [3.05, 3.63) is 58.3 Å². The highest BCUT2D eigenvalue weighted by atomic mass is 35.5. The largest absolute Gasteiger partial charge is 0.448 e. The molecule has 0 saturated carbocycles. The Kier molecular flexibility index (Phi) is 4.58. The Morgan fingerprint density at radius 1 is 1.24 bits per heavy atom. The second-order valence-electron chi connectivity index (χ2n) is 4.37. The highest BCUT2D eigenvalue weighted by Gasteiger charge is 2.34. The van der Waals surface area contributed by atoms with Crippen LogP contribution in [0, 0.1) is 5.82 Å². The molecular formula is C14H12ClF4NO. The zero-order valence-corrected chi connectivity index (χ0v) is 11.7. The summed E-state index contributed by atoms with van der Waals surface area (Å²) in [6.07, 6.45) is -4.72. The average Bonchev–Trinajstić information content (AvgIpc) is 2.80. The van der Waals surface area contributed by atoms with Crippen molar-refractivity contribution < 1.29 is 22.0 Å². The average molecular weight is 322 g/mol. The molecular weight excluding hydrogens is 310 g/mol. The van der Waals surface area contributed by atoms with Crippen LogP contribution in [0.1, 0.15) is 29.9 Å². The second-order valence-corrected chi connectivity index (χ2v) is 4.74. The van der Waals surface area contributed by atoms with Crippen LogP contribution in [0.25, 0.3) is 0 Å². The van der Waals surface area contributed by atoms with Gasteiger partial charge < -0.3 is 9.73 Å². The van der Waals surface area contributed by atoms with E-state index in [-0.39, 0.29) is 5.22 Å². The number of hydrogen-bond acceptors (Lipinski definition) is 2. The predicted octanol–water partition coefficient (Wildman–Crippen LogP) is 4.79. The van der Waals surface area contributed by atoms with Crippen LogP contribution < -0.4 is 5.32 Å². The molecule has 114 valence electrons. The van der Waals surface area contributed by atoms with Gasteiger partial charge in [-0.05, 0) is 48.0 Å². The van der Waals surface area contributed by atoms with E-state index < -0.39 is 23.6 Å². The molecule has 1 N–H and O–H groups in total. The quantitative estimate of drug-likeness (QED) is 0.819. The molecule has 0 aliphatic rings. The molecule has 0 aliphatic carbocycles. The van der Waals surface area contributed by atoms with Gasteiger partial charge in [-0.1, -0.05) is 13.0 Å². The summed E-state index contributed by atoms with van der Waals surface area (Å²) in [6.45, 7) is 2.34. The van der Waals surface area contributed by atoms with Crippen LogP contribution in [-0.4, -0.2) is 6.54 Å². The van der Waals surface area contributed by atoms with Crippen molar-refractivity contribution in [2.24, 2.45) is 0 Å².